The molecule has 0 saturated heterocycles. The fourth-order valence-corrected chi connectivity index (χ4v) is 1.97. The van der Waals surface area contributed by atoms with E-state index in [1.165, 1.54) is 5.56 Å². The van der Waals surface area contributed by atoms with Gasteiger partial charge in [0.25, 0.3) is 0 Å². The quantitative estimate of drug-likeness (QED) is 0.820. The third-order valence-electron chi connectivity index (χ3n) is 2.73. The molecule has 0 fully saturated rings. The van der Waals surface area contributed by atoms with Gasteiger partial charge >= 0.3 is 0 Å². The number of anilines is 1. The van der Waals surface area contributed by atoms with Crippen LogP contribution in [0.2, 0.25) is 0 Å². The number of hydrogen-bond acceptors (Lipinski definition) is 3. The molecule has 2 aromatic rings. The Morgan fingerprint density at radius 1 is 1.24 bits per heavy atom. The second-order valence-electron chi connectivity index (χ2n) is 5.34. The van der Waals surface area contributed by atoms with E-state index in [-0.39, 0.29) is 5.92 Å². The lowest BCUT2D eigenvalue weighted by atomic mass is 10.0. The van der Waals surface area contributed by atoms with Gasteiger partial charge in [0.1, 0.15) is 5.52 Å². The maximum atomic E-state index is 6.01. The molecule has 92 valence electrons. The van der Waals surface area contributed by atoms with Crippen molar-refractivity contribution in [2.75, 3.05) is 5.73 Å². The molecule has 0 saturated carbocycles. The number of nitrogens with two attached hydrogens (primary N) is 1. The highest BCUT2D eigenvalue weighted by Crippen LogP contribution is 2.27. The largest absolute Gasteiger partial charge is 0.438 e. The summed E-state index contributed by atoms with van der Waals surface area (Å²) in [6.45, 7) is 8.53. The van der Waals surface area contributed by atoms with E-state index in [2.05, 4.69) is 38.7 Å². The van der Waals surface area contributed by atoms with Crippen LogP contribution >= 0.6 is 0 Å². The summed E-state index contributed by atoms with van der Waals surface area (Å²) in [6.07, 6.45) is 1.02. The third-order valence-corrected chi connectivity index (χ3v) is 2.73. The Labute approximate surface area is 102 Å². The first-order valence-electron chi connectivity index (χ1n) is 6.16. The van der Waals surface area contributed by atoms with Crippen LogP contribution in [-0.2, 0) is 6.42 Å². The molecule has 0 aliphatic rings. The van der Waals surface area contributed by atoms with Gasteiger partial charge in [0.05, 0.1) is 5.69 Å². The summed E-state index contributed by atoms with van der Waals surface area (Å²) in [5, 5.41) is 0. The molecular formula is C14H20N2O. The van der Waals surface area contributed by atoms with Crippen molar-refractivity contribution in [1.29, 1.82) is 0 Å². The molecule has 2 rings (SSSR count). The van der Waals surface area contributed by atoms with Crippen LogP contribution in [0.4, 0.5) is 5.69 Å². The Hall–Kier alpha value is -1.51. The lowest BCUT2D eigenvalue weighted by Crippen LogP contribution is -1.96. The maximum absolute atomic E-state index is 6.01. The predicted octanol–water partition coefficient (Wildman–Crippen LogP) is 3.73. The highest BCUT2D eigenvalue weighted by Gasteiger charge is 2.13. The molecule has 2 N–H and O–H groups in total. The Bertz CT molecular complexity index is 526. The molecule has 0 unspecified atom stereocenters. The van der Waals surface area contributed by atoms with E-state index in [9.17, 15) is 0 Å². The average Bonchev–Trinajstić information content (AvgIpc) is 2.60. The van der Waals surface area contributed by atoms with Crippen LogP contribution in [0.3, 0.4) is 0 Å². The van der Waals surface area contributed by atoms with Crippen LogP contribution in [0.15, 0.2) is 16.5 Å². The summed E-state index contributed by atoms with van der Waals surface area (Å²) in [5.41, 5.74) is 9.54. The normalized spacial score (nSPS) is 11.9. The van der Waals surface area contributed by atoms with Crippen molar-refractivity contribution in [3.63, 3.8) is 0 Å². The van der Waals surface area contributed by atoms with Crippen molar-refractivity contribution >= 4 is 16.8 Å². The molecule has 1 aromatic heterocycles. The second-order valence-corrected chi connectivity index (χ2v) is 5.34. The van der Waals surface area contributed by atoms with Crippen LogP contribution in [-0.4, -0.2) is 4.98 Å². The highest BCUT2D eigenvalue weighted by atomic mass is 16.3. The first-order valence-corrected chi connectivity index (χ1v) is 6.16. The fourth-order valence-electron chi connectivity index (χ4n) is 1.97. The lowest BCUT2D eigenvalue weighted by molar-refractivity contribution is 0.502. The summed E-state index contributed by atoms with van der Waals surface area (Å²) >= 11 is 0. The zero-order chi connectivity index (χ0) is 12.6. The molecule has 0 atom stereocenters. The third kappa shape index (κ3) is 2.43. The Balaban J connectivity index is 2.49. The van der Waals surface area contributed by atoms with Gasteiger partial charge in [0.15, 0.2) is 11.5 Å². The van der Waals surface area contributed by atoms with Crippen LogP contribution in [0.1, 0.15) is 45.1 Å². The molecule has 0 aliphatic carbocycles. The molecule has 3 nitrogen and oxygen atoms in total. The zero-order valence-corrected chi connectivity index (χ0v) is 10.9. The van der Waals surface area contributed by atoms with E-state index in [1.807, 2.05) is 6.07 Å². The van der Waals surface area contributed by atoms with E-state index in [4.69, 9.17) is 10.2 Å². The highest BCUT2D eigenvalue weighted by molar-refractivity contribution is 5.85. The topological polar surface area (TPSA) is 52.0 Å². The van der Waals surface area contributed by atoms with Gasteiger partial charge in [-0.15, -0.1) is 0 Å². The van der Waals surface area contributed by atoms with E-state index < -0.39 is 0 Å². The molecule has 0 spiro atoms. The Morgan fingerprint density at radius 3 is 2.53 bits per heavy atom. The second kappa shape index (κ2) is 4.40. The number of aromatic nitrogens is 1. The first-order chi connectivity index (χ1) is 7.97. The monoisotopic (exact) mass is 232 g/mol. The van der Waals surface area contributed by atoms with Crippen LogP contribution in [0.5, 0.6) is 0 Å². The van der Waals surface area contributed by atoms with E-state index in [1.54, 1.807) is 0 Å². The molecule has 3 heteroatoms. The first kappa shape index (κ1) is 12.0. The maximum Gasteiger partial charge on any atom is 0.198 e. The van der Waals surface area contributed by atoms with Crippen molar-refractivity contribution in [3.8, 4) is 0 Å². The standard InChI is InChI=1S/C14H20N2O/c1-8(2)5-10-6-11(15)13-12(7-10)16-14(17-13)9(3)4/h6-9H,5,15H2,1-4H3. The molecule has 1 heterocycles. The van der Waals surface area contributed by atoms with Gasteiger partial charge in [-0.25, -0.2) is 4.98 Å². The Kier molecular flexibility index (Phi) is 3.09. The number of rotatable bonds is 3. The van der Waals surface area contributed by atoms with Crippen molar-refractivity contribution in [3.05, 3.63) is 23.6 Å². The molecule has 0 aliphatic heterocycles. The smallest absolute Gasteiger partial charge is 0.198 e. The zero-order valence-electron chi connectivity index (χ0n) is 10.9. The number of nitrogens with zero attached hydrogens (tertiary/aromatic N) is 1. The predicted molar refractivity (Wildman–Crippen MR) is 71.1 cm³/mol. The SMILES string of the molecule is CC(C)Cc1cc(N)c2oc(C(C)C)nc2c1. The lowest BCUT2D eigenvalue weighted by Gasteiger charge is -2.05. The summed E-state index contributed by atoms with van der Waals surface area (Å²) in [5.74, 6) is 1.66. The van der Waals surface area contributed by atoms with Crippen LogP contribution < -0.4 is 5.73 Å². The summed E-state index contributed by atoms with van der Waals surface area (Å²) in [6, 6.07) is 4.08. The van der Waals surface area contributed by atoms with Gasteiger partial charge < -0.3 is 10.2 Å². The summed E-state index contributed by atoms with van der Waals surface area (Å²) in [4.78, 5) is 4.49. The minimum Gasteiger partial charge on any atom is -0.438 e. The number of fused-ring (bicyclic) bond motifs is 1. The van der Waals surface area contributed by atoms with Crippen molar-refractivity contribution in [2.24, 2.45) is 5.92 Å². The number of hydrogen-bond donors (Lipinski definition) is 1. The summed E-state index contributed by atoms with van der Waals surface area (Å²) in [7, 11) is 0. The molecular weight excluding hydrogens is 212 g/mol. The van der Waals surface area contributed by atoms with Gasteiger partial charge in [-0.2, -0.15) is 0 Å². The van der Waals surface area contributed by atoms with E-state index in [0.29, 0.717) is 11.6 Å². The summed E-state index contributed by atoms with van der Waals surface area (Å²) < 4.78 is 5.68. The average molecular weight is 232 g/mol. The van der Waals surface area contributed by atoms with E-state index >= 15 is 0 Å². The number of nitrogen functional groups attached to an aromatic ring is 1. The molecule has 17 heavy (non-hydrogen) atoms. The van der Waals surface area contributed by atoms with Crippen molar-refractivity contribution in [1.82, 2.24) is 4.98 Å². The van der Waals surface area contributed by atoms with Gasteiger partial charge in [-0.05, 0) is 30.0 Å². The van der Waals surface area contributed by atoms with Crippen molar-refractivity contribution in [2.45, 2.75) is 40.0 Å². The molecule has 0 bridgehead atoms. The van der Waals surface area contributed by atoms with E-state index in [0.717, 1.165) is 23.4 Å². The minimum absolute atomic E-state index is 0.287. The van der Waals surface area contributed by atoms with Gasteiger partial charge in [0, 0.05) is 5.92 Å². The molecule has 1 aromatic carbocycles. The molecule has 0 radical (unpaired) electrons. The fraction of sp³-hybridized carbons (Fsp3) is 0.500. The molecule has 0 amide bonds. The van der Waals surface area contributed by atoms with Gasteiger partial charge in [0.2, 0.25) is 0 Å². The van der Waals surface area contributed by atoms with Gasteiger partial charge in [-0.1, -0.05) is 27.7 Å². The number of benzene rings is 1. The van der Waals surface area contributed by atoms with Crippen molar-refractivity contribution < 1.29 is 4.42 Å². The minimum atomic E-state index is 0.287. The van der Waals surface area contributed by atoms with Crippen LogP contribution in [0.25, 0.3) is 11.1 Å². The Morgan fingerprint density at radius 2 is 1.94 bits per heavy atom. The van der Waals surface area contributed by atoms with Gasteiger partial charge in [-0.3, -0.25) is 0 Å². The number of oxazole rings is 1. The van der Waals surface area contributed by atoms with Crippen LogP contribution in [0, 0.1) is 5.92 Å².